The van der Waals surface area contributed by atoms with E-state index in [2.05, 4.69) is 26.1 Å². The van der Waals surface area contributed by atoms with Gasteiger partial charge in [0.1, 0.15) is 11.4 Å². The summed E-state index contributed by atoms with van der Waals surface area (Å²) in [7, 11) is 0. The van der Waals surface area contributed by atoms with Crippen LogP contribution in [0.2, 0.25) is 0 Å². The lowest BCUT2D eigenvalue weighted by Crippen LogP contribution is -1.93. The Balaban J connectivity index is 2.49. The smallest absolute Gasteiger partial charge is 0.282 e. The van der Waals surface area contributed by atoms with E-state index in [0.29, 0.717) is 12.3 Å². The van der Waals surface area contributed by atoms with E-state index in [9.17, 15) is 14.5 Å². The molecule has 1 atom stereocenters. The zero-order chi connectivity index (χ0) is 14.0. The van der Waals surface area contributed by atoms with Crippen molar-refractivity contribution in [3.05, 3.63) is 40.0 Å². The number of nitrogens with zero attached hydrogens (tertiary/aromatic N) is 3. The van der Waals surface area contributed by atoms with Gasteiger partial charge in [0.05, 0.1) is 9.75 Å². The molecule has 0 N–H and O–H groups in total. The Bertz CT molecular complexity index is 617. The minimum Gasteiger partial charge on any atom is -0.419 e. The zero-order valence-electron chi connectivity index (χ0n) is 9.84. The summed E-state index contributed by atoms with van der Waals surface area (Å²) < 4.78 is 18.5. The van der Waals surface area contributed by atoms with Gasteiger partial charge in [-0.3, -0.25) is 10.1 Å². The number of hydrogen-bond acceptors (Lipinski definition) is 5. The summed E-state index contributed by atoms with van der Waals surface area (Å²) in [6.07, 6.45) is 0.715. The van der Waals surface area contributed by atoms with Gasteiger partial charge in [-0.2, -0.15) is 0 Å². The molecule has 1 unspecified atom stereocenters. The highest BCUT2D eigenvalue weighted by Crippen LogP contribution is 2.32. The Kier molecular flexibility index (Phi) is 3.89. The molecule has 0 fully saturated rings. The third-order valence-electron chi connectivity index (χ3n) is 2.45. The van der Waals surface area contributed by atoms with Crippen LogP contribution >= 0.6 is 15.9 Å². The first kappa shape index (κ1) is 13.6. The van der Waals surface area contributed by atoms with Crippen molar-refractivity contribution in [1.29, 1.82) is 0 Å². The van der Waals surface area contributed by atoms with Crippen molar-refractivity contribution >= 4 is 21.6 Å². The molecule has 1 aromatic carbocycles. The van der Waals surface area contributed by atoms with Gasteiger partial charge in [0.15, 0.2) is 0 Å². The maximum atomic E-state index is 13.2. The second-order valence-corrected chi connectivity index (χ2v) is 4.85. The number of rotatable bonds is 4. The van der Waals surface area contributed by atoms with Gasteiger partial charge in [0, 0.05) is 6.07 Å². The molecule has 0 radical (unpaired) electrons. The second kappa shape index (κ2) is 5.43. The van der Waals surface area contributed by atoms with Crippen LogP contribution in [0.1, 0.15) is 24.1 Å². The first-order chi connectivity index (χ1) is 9.02. The molecule has 0 amide bonds. The Morgan fingerprint density at radius 3 is 2.89 bits per heavy atom. The minimum absolute atomic E-state index is 0.0282. The molecule has 0 spiro atoms. The van der Waals surface area contributed by atoms with Gasteiger partial charge in [-0.05, 0) is 18.6 Å². The minimum atomic E-state index is -0.621. The third-order valence-corrected chi connectivity index (χ3v) is 3.49. The highest BCUT2D eigenvalue weighted by molar-refractivity contribution is 9.09. The average molecular weight is 330 g/mol. The van der Waals surface area contributed by atoms with Crippen LogP contribution in [-0.2, 0) is 0 Å². The highest BCUT2D eigenvalue weighted by Gasteiger charge is 2.22. The first-order valence-electron chi connectivity index (χ1n) is 5.44. The van der Waals surface area contributed by atoms with Crippen molar-refractivity contribution in [3.63, 3.8) is 0 Å². The number of nitro benzene ring substituents is 1. The topological polar surface area (TPSA) is 82.1 Å². The van der Waals surface area contributed by atoms with Crippen LogP contribution in [0.15, 0.2) is 22.6 Å². The lowest BCUT2D eigenvalue weighted by atomic mass is 10.2. The molecule has 0 saturated heterocycles. The van der Waals surface area contributed by atoms with E-state index >= 15 is 0 Å². The largest absolute Gasteiger partial charge is 0.419 e. The molecule has 2 rings (SSSR count). The maximum Gasteiger partial charge on any atom is 0.282 e. The van der Waals surface area contributed by atoms with Crippen LogP contribution in [0, 0.1) is 15.9 Å². The molecule has 2 aromatic rings. The van der Waals surface area contributed by atoms with Gasteiger partial charge >= 0.3 is 0 Å². The van der Waals surface area contributed by atoms with Crippen molar-refractivity contribution in [2.24, 2.45) is 0 Å². The lowest BCUT2D eigenvalue weighted by Gasteiger charge is -1.99. The van der Waals surface area contributed by atoms with Gasteiger partial charge in [-0.15, -0.1) is 10.2 Å². The maximum absolute atomic E-state index is 13.2. The molecular formula is C11H9BrFN3O3. The molecular weight excluding hydrogens is 321 g/mol. The fourth-order valence-corrected chi connectivity index (χ4v) is 1.67. The fourth-order valence-electron chi connectivity index (χ4n) is 1.48. The molecule has 0 saturated carbocycles. The van der Waals surface area contributed by atoms with Crippen LogP contribution < -0.4 is 0 Å². The van der Waals surface area contributed by atoms with E-state index in [1.54, 1.807) is 0 Å². The molecule has 0 aliphatic rings. The third kappa shape index (κ3) is 2.78. The van der Waals surface area contributed by atoms with E-state index in [0.717, 1.165) is 18.2 Å². The highest BCUT2D eigenvalue weighted by atomic mass is 79.9. The van der Waals surface area contributed by atoms with E-state index in [4.69, 9.17) is 4.42 Å². The van der Waals surface area contributed by atoms with Crippen molar-refractivity contribution in [2.45, 2.75) is 18.2 Å². The summed E-state index contributed by atoms with van der Waals surface area (Å²) in [4.78, 5) is 10.1. The predicted molar refractivity (Wildman–Crippen MR) is 68.3 cm³/mol. The predicted octanol–water partition coefficient (Wildman–Crippen LogP) is 3.63. The van der Waals surface area contributed by atoms with E-state index in [1.807, 2.05) is 6.92 Å². The molecule has 0 bridgehead atoms. The first-order valence-corrected chi connectivity index (χ1v) is 6.36. The number of nitro groups is 1. The molecule has 6 nitrogen and oxygen atoms in total. The summed E-state index contributed by atoms with van der Waals surface area (Å²) in [5.74, 6) is -0.374. The molecule has 8 heteroatoms. The van der Waals surface area contributed by atoms with Gasteiger partial charge in [0.2, 0.25) is 5.89 Å². The Morgan fingerprint density at radius 2 is 2.26 bits per heavy atom. The van der Waals surface area contributed by atoms with Crippen molar-refractivity contribution in [1.82, 2.24) is 10.2 Å². The van der Waals surface area contributed by atoms with E-state index in [1.165, 1.54) is 0 Å². The quantitative estimate of drug-likeness (QED) is 0.486. The normalized spacial score (nSPS) is 12.4. The SMILES string of the molecule is CCC(Br)c1nnc(-c2cc(F)ccc2[N+](=O)[O-])o1. The molecule has 0 aliphatic heterocycles. The van der Waals surface area contributed by atoms with Gasteiger partial charge < -0.3 is 4.42 Å². The standard InChI is InChI=1S/C11H9BrFN3O3/c1-2-8(12)11-15-14-10(19-11)7-5-6(13)3-4-9(7)16(17)18/h3-5,8H,2H2,1H3. The van der Waals surface area contributed by atoms with E-state index < -0.39 is 10.7 Å². The lowest BCUT2D eigenvalue weighted by molar-refractivity contribution is -0.384. The molecule has 1 heterocycles. The van der Waals surface area contributed by atoms with Gasteiger partial charge in [-0.25, -0.2) is 4.39 Å². The van der Waals surface area contributed by atoms with Crippen molar-refractivity contribution in [3.8, 4) is 11.5 Å². The number of aromatic nitrogens is 2. The van der Waals surface area contributed by atoms with Crippen LogP contribution in [-0.4, -0.2) is 15.1 Å². The Morgan fingerprint density at radius 1 is 1.53 bits per heavy atom. The fraction of sp³-hybridized carbons (Fsp3) is 0.273. The number of halogens is 2. The molecule has 19 heavy (non-hydrogen) atoms. The monoisotopic (exact) mass is 329 g/mol. The number of alkyl halides is 1. The Labute approximate surface area is 115 Å². The van der Waals surface area contributed by atoms with Crippen LogP contribution in [0.4, 0.5) is 10.1 Å². The van der Waals surface area contributed by atoms with Crippen molar-refractivity contribution in [2.75, 3.05) is 0 Å². The van der Waals surface area contributed by atoms with Gasteiger partial charge in [0.25, 0.3) is 11.6 Å². The average Bonchev–Trinajstić information content (AvgIpc) is 2.86. The second-order valence-electron chi connectivity index (χ2n) is 3.74. The molecule has 1 aromatic heterocycles. The van der Waals surface area contributed by atoms with E-state index in [-0.39, 0.29) is 22.0 Å². The summed E-state index contributed by atoms with van der Waals surface area (Å²) >= 11 is 3.33. The number of benzene rings is 1. The molecule has 0 aliphatic carbocycles. The summed E-state index contributed by atoms with van der Waals surface area (Å²) in [5.41, 5.74) is -0.307. The van der Waals surface area contributed by atoms with Crippen LogP contribution in [0.25, 0.3) is 11.5 Å². The van der Waals surface area contributed by atoms with Crippen molar-refractivity contribution < 1.29 is 13.7 Å². The zero-order valence-corrected chi connectivity index (χ0v) is 11.4. The summed E-state index contributed by atoms with van der Waals surface area (Å²) in [6.45, 7) is 1.91. The summed E-state index contributed by atoms with van der Waals surface area (Å²) in [5, 5.41) is 18.4. The summed E-state index contributed by atoms with van der Waals surface area (Å²) in [6, 6.07) is 3.09. The van der Waals surface area contributed by atoms with Crippen LogP contribution in [0.5, 0.6) is 0 Å². The Hall–Kier alpha value is -1.83. The number of hydrogen-bond donors (Lipinski definition) is 0. The molecule has 100 valence electrons. The van der Waals surface area contributed by atoms with Gasteiger partial charge in [-0.1, -0.05) is 22.9 Å². The van der Waals surface area contributed by atoms with Crippen LogP contribution in [0.3, 0.4) is 0 Å².